The molecular formula is C24H26N2O5S. The second kappa shape index (κ2) is 6.81. The summed E-state index contributed by atoms with van der Waals surface area (Å²) >= 11 is 0. The Morgan fingerprint density at radius 3 is 2.47 bits per heavy atom. The van der Waals surface area contributed by atoms with Crippen LogP contribution in [0.1, 0.15) is 49.5 Å². The standard InChI is InChI=1S/C24H26N2O5S/c1-23(2)19-11-15(21(27)25-24(3)13-32(29,30)14-24)7-10-20(19)26(22(23)28)16-5-4-6-18(12-16)31-17-8-9-17/h4-7,10-12,17H,8-9,13-14H2,1-3H3,(H,25,27). The number of hydrogen-bond acceptors (Lipinski definition) is 5. The van der Waals surface area contributed by atoms with Crippen molar-refractivity contribution in [2.45, 2.75) is 50.7 Å². The van der Waals surface area contributed by atoms with Crippen LogP contribution in [0.4, 0.5) is 11.4 Å². The van der Waals surface area contributed by atoms with Crippen LogP contribution in [0.2, 0.25) is 0 Å². The Bertz CT molecular complexity index is 1230. The van der Waals surface area contributed by atoms with Crippen LogP contribution in [0.15, 0.2) is 42.5 Å². The van der Waals surface area contributed by atoms with Crippen molar-refractivity contribution in [3.05, 3.63) is 53.6 Å². The first kappa shape index (κ1) is 21.0. The Labute approximate surface area is 187 Å². The molecule has 7 nitrogen and oxygen atoms in total. The third-order valence-electron chi connectivity index (χ3n) is 6.31. The molecule has 2 heterocycles. The average Bonchev–Trinajstić information content (AvgIpc) is 3.47. The zero-order valence-corrected chi connectivity index (χ0v) is 19.2. The van der Waals surface area contributed by atoms with E-state index in [2.05, 4.69) is 5.32 Å². The lowest BCUT2D eigenvalue weighted by Crippen LogP contribution is -2.63. The fourth-order valence-electron chi connectivity index (χ4n) is 4.55. The summed E-state index contributed by atoms with van der Waals surface area (Å²) in [5.74, 6) is 0.197. The molecule has 2 amide bonds. The number of carbonyl (C=O) groups excluding carboxylic acids is 2. The summed E-state index contributed by atoms with van der Waals surface area (Å²) in [6, 6.07) is 12.7. The fourth-order valence-corrected chi connectivity index (χ4v) is 6.56. The maximum absolute atomic E-state index is 13.4. The molecule has 1 saturated heterocycles. The Hall–Kier alpha value is -2.87. The lowest BCUT2D eigenvalue weighted by Gasteiger charge is -2.38. The molecule has 0 atom stereocenters. The lowest BCUT2D eigenvalue weighted by molar-refractivity contribution is -0.121. The summed E-state index contributed by atoms with van der Waals surface area (Å²) in [6.45, 7) is 5.42. The number of benzene rings is 2. The molecule has 0 spiro atoms. The van der Waals surface area contributed by atoms with Gasteiger partial charge in [0.1, 0.15) is 5.75 Å². The molecule has 0 bridgehead atoms. The van der Waals surface area contributed by atoms with Gasteiger partial charge in [0.05, 0.1) is 39.9 Å². The Morgan fingerprint density at radius 1 is 1.09 bits per heavy atom. The number of sulfone groups is 1. The molecule has 32 heavy (non-hydrogen) atoms. The number of anilines is 2. The number of hydrogen-bond donors (Lipinski definition) is 1. The first-order valence-electron chi connectivity index (χ1n) is 10.8. The minimum Gasteiger partial charge on any atom is -0.490 e. The highest BCUT2D eigenvalue weighted by molar-refractivity contribution is 7.93. The first-order valence-corrected chi connectivity index (χ1v) is 12.6. The molecule has 8 heteroatoms. The molecule has 1 aliphatic carbocycles. The predicted molar refractivity (Wildman–Crippen MR) is 121 cm³/mol. The van der Waals surface area contributed by atoms with Crippen LogP contribution >= 0.6 is 0 Å². The molecule has 2 aromatic rings. The molecule has 168 valence electrons. The fraction of sp³-hybridized carbons (Fsp3) is 0.417. The van der Waals surface area contributed by atoms with E-state index in [1.165, 1.54) is 0 Å². The second-order valence-corrected chi connectivity index (χ2v) is 11.9. The van der Waals surface area contributed by atoms with Crippen LogP contribution in [-0.4, -0.2) is 43.4 Å². The van der Waals surface area contributed by atoms with E-state index in [9.17, 15) is 18.0 Å². The molecule has 3 aliphatic rings. The molecule has 2 aromatic carbocycles. The maximum Gasteiger partial charge on any atom is 0.251 e. The molecule has 2 aliphatic heterocycles. The predicted octanol–water partition coefficient (Wildman–Crippen LogP) is 3.10. The van der Waals surface area contributed by atoms with Gasteiger partial charge in [0, 0.05) is 11.6 Å². The van der Waals surface area contributed by atoms with Gasteiger partial charge in [-0.05, 0) is 69.5 Å². The SMILES string of the molecule is CC1(NC(=O)c2ccc3c(c2)C(C)(C)C(=O)N3c2cccc(OC3CC3)c2)CS(=O)(=O)C1. The van der Waals surface area contributed by atoms with Crippen LogP contribution in [0.25, 0.3) is 0 Å². The van der Waals surface area contributed by atoms with Gasteiger partial charge in [-0.3, -0.25) is 14.5 Å². The minimum atomic E-state index is -3.07. The average molecular weight is 455 g/mol. The lowest BCUT2D eigenvalue weighted by atomic mass is 9.85. The summed E-state index contributed by atoms with van der Waals surface area (Å²) in [7, 11) is -3.07. The smallest absolute Gasteiger partial charge is 0.251 e. The third-order valence-corrected chi connectivity index (χ3v) is 8.46. The van der Waals surface area contributed by atoms with Gasteiger partial charge in [0.2, 0.25) is 5.91 Å². The number of amides is 2. The van der Waals surface area contributed by atoms with Gasteiger partial charge < -0.3 is 10.1 Å². The normalized spacial score (nSPS) is 22.1. The van der Waals surface area contributed by atoms with E-state index in [0.29, 0.717) is 5.56 Å². The van der Waals surface area contributed by atoms with Crippen LogP contribution in [0, 0.1) is 0 Å². The molecule has 5 rings (SSSR count). The van der Waals surface area contributed by atoms with Crippen LogP contribution in [0.3, 0.4) is 0 Å². The van der Waals surface area contributed by atoms with Gasteiger partial charge in [-0.1, -0.05) is 6.07 Å². The molecular weight excluding hydrogens is 428 g/mol. The van der Waals surface area contributed by atoms with E-state index in [4.69, 9.17) is 4.74 Å². The summed E-state index contributed by atoms with van der Waals surface area (Å²) in [5.41, 5.74) is 1.05. The summed E-state index contributed by atoms with van der Waals surface area (Å²) in [6.07, 6.45) is 2.37. The Kier molecular flexibility index (Phi) is 4.47. The molecule has 2 fully saturated rings. The second-order valence-electron chi connectivity index (χ2n) is 9.86. The largest absolute Gasteiger partial charge is 0.490 e. The van der Waals surface area contributed by atoms with Crippen molar-refractivity contribution in [1.82, 2.24) is 5.32 Å². The van der Waals surface area contributed by atoms with E-state index in [1.54, 1.807) is 30.0 Å². The van der Waals surface area contributed by atoms with Crippen molar-refractivity contribution in [1.29, 1.82) is 0 Å². The van der Waals surface area contributed by atoms with E-state index >= 15 is 0 Å². The quantitative estimate of drug-likeness (QED) is 0.750. The summed E-state index contributed by atoms with van der Waals surface area (Å²) in [5, 5.41) is 2.84. The zero-order valence-electron chi connectivity index (χ0n) is 18.3. The van der Waals surface area contributed by atoms with E-state index in [0.717, 1.165) is 35.5 Å². The van der Waals surface area contributed by atoms with Gasteiger partial charge in [-0.2, -0.15) is 0 Å². The van der Waals surface area contributed by atoms with Crippen molar-refractivity contribution < 1.29 is 22.7 Å². The molecule has 0 radical (unpaired) electrons. The summed E-state index contributed by atoms with van der Waals surface area (Å²) < 4.78 is 29.0. The van der Waals surface area contributed by atoms with Crippen molar-refractivity contribution >= 4 is 33.0 Å². The van der Waals surface area contributed by atoms with Crippen molar-refractivity contribution in [3.63, 3.8) is 0 Å². The number of fused-ring (bicyclic) bond motifs is 1. The van der Waals surface area contributed by atoms with E-state index in [1.807, 2.05) is 38.1 Å². The van der Waals surface area contributed by atoms with Crippen LogP contribution < -0.4 is 15.0 Å². The van der Waals surface area contributed by atoms with Crippen molar-refractivity contribution in [2.24, 2.45) is 0 Å². The molecule has 1 saturated carbocycles. The monoisotopic (exact) mass is 454 g/mol. The number of nitrogens with zero attached hydrogens (tertiary/aromatic N) is 1. The van der Waals surface area contributed by atoms with Crippen molar-refractivity contribution in [3.8, 4) is 5.75 Å². The molecule has 1 N–H and O–H groups in total. The number of ether oxygens (including phenoxy) is 1. The highest BCUT2D eigenvalue weighted by atomic mass is 32.2. The molecule has 0 aromatic heterocycles. The van der Waals surface area contributed by atoms with E-state index < -0.39 is 20.8 Å². The van der Waals surface area contributed by atoms with Gasteiger partial charge in [-0.25, -0.2) is 8.42 Å². The highest BCUT2D eigenvalue weighted by Gasteiger charge is 2.47. The number of rotatable bonds is 5. The van der Waals surface area contributed by atoms with Crippen LogP contribution in [0.5, 0.6) is 5.75 Å². The third kappa shape index (κ3) is 3.56. The Balaban J connectivity index is 1.45. The van der Waals surface area contributed by atoms with Gasteiger partial charge in [0.25, 0.3) is 5.91 Å². The van der Waals surface area contributed by atoms with E-state index in [-0.39, 0.29) is 29.4 Å². The maximum atomic E-state index is 13.4. The topological polar surface area (TPSA) is 92.8 Å². The number of carbonyl (C=O) groups is 2. The molecule has 0 unspecified atom stereocenters. The first-order chi connectivity index (χ1) is 15.0. The van der Waals surface area contributed by atoms with Crippen molar-refractivity contribution in [2.75, 3.05) is 16.4 Å². The number of nitrogens with one attached hydrogen (secondary N) is 1. The summed E-state index contributed by atoms with van der Waals surface area (Å²) in [4.78, 5) is 27.9. The highest BCUT2D eigenvalue weighted by Crippen LogP contribution is 2.46. The van der Waals surface area contributed by atoms with Gasteiger partial charge >= 0.3 is 0 Å². The van der Waals surface area contributed by atoms with Gasteiger partial charge in [0.15, 0.2) is 9.84 Å². The van der Waals surface area contributed by atoms with Gasteiger partial charge in [-0.15, -0.1) is 0 Å². The zero-order chi connectivity index (χ0) is 22.9. The van der Waals surface area contributed by atoms with Crippen LogP contribution in [-0.2, 0) is 20.0 Å². The minimum absolute atomic E-state index is 0.0618. The Morgan fingerprint density at radius 2 is 1.81 bits per heavy atom.